The number of benzene rings is 1. The Hall–Kier alpha value is -1.40. The first-order chi connectivity index (χ1) is 9.51. The summed E-state index contributed by atoms with van der Waals surface area (Å²) in [7, 11) is -3.63. The van der Waals surface area contributed by atoms with E-state index in [4.69, 9.17) is 0 Å². The van der Waals surface area contributed by atoms with Crippen LogP contribution in [0.4, 0.5) is 0 Å². The summed E-state index contributed by atoms with van der Waals surface area (Å²) >= 11 is 3.32. The minimum absolute atomic E-state index is 0.0479. The molecule has 1 aromatic carbocycles. The van der Waals surface area contributed by atoms with Crippen molar-refractivity contribution < 1.29 is 13.2 Å². The molecular formula is C14H12BrNO3S. The van der Waals surface area contributed by atoms with Gasteiger partial charge in [0.2, 0.25) is 0 Å². The Balaban J connectivity index is 2.14. The van der Waals surface area contributed by atoms with Crippen LogP contribution in [-0.4, -0.2) is 23.0 Å². The van der Waals surface area contributed by atoms with Crippen LogP contribution >= 0.6 is 15.9 Å². The van der Waals surface area contributed by atoms with E-state index in [-0.39, 0.29) is 15.5 Å². The molecule has 0 radical (unpaired) electrons. The van der Waals surface area contributed by atoms with E-state index in [1.54, 1.807) is 36.4 Å². The van der Waals surface area contributed by atoms with Crippen LogP contribution in [0.2, 0.25) is 0 Å². The average Bonchev–Trinajstić information content (AvgIpc) is 2.89. The van der Waals surface area contributed by atoms with Gasteiger partial charge in [-0.15, -0.1) is 0 Å². The number of Topliss-reactive ketones (excluding diaryl/α,β-unsaturated/α-hetero) is 1. The zero-order valence-electron chi connectivity index (χ0n) is 10.5. The smallest absolute Gasteiger partial charge is 0.267 e. The fraction of sp³-hybridized carbons (Fsp3) is 0.214. The molecule has 0 aliphatic heterocycles. The molecule has 0 saturated heterocycles. The van der Waals surface area contributed by atoms with Gasteiger partial charge in [0.05, 0.1) is 9.72 Å². The van der Waals surface area contributed by atoms with E-state index in [9.17, 15) is 13.2 Å². The molecule has 0 bridgehead atoms. The van der Waals surface area contributed by atoms with Gasteiger partial charge in [0.25, 0.3) is 10.0 Å². The fourth-order valence-corrected chi connectivity index (χ4v) is 4.32. The van der Waals surface area contributed by atoms with Crippen molar-refractivity contribution in [2.75, 3.05) is 0 Å². The second-order valence-electron chi connectivity index (χ2n) is 4.66. The van der Waals surface area contributed by atoms with E-state index in [0.717, 1.165) is 0 Å². The highest BCUT2D eigenvalue weighted by Gasteiger charge is 2.31. The van der Waals surface area contributed by atoms with Gasteiger partial charge in [-0.3, -0.25) is 4.79 Å². The van der Waals surface area contributed by atoms with Crippen LogP contribution in [-0.2, 0) is 16.4 Å². The summed E-state index contributed by atoms with van der Waals surface area (Å²) in [6.45, 7) is 0. The summed E-state index contributed by atoms with van der Waals surface area (Å²) in [5, 5.41) is 0. The monoisotopic (exact) mass is 353 g/mol. The normalized spacial score (nSPS) is 18.9. The van der Waals surface area contributed by atoms with E-state index in [2.05, 4.69) is 15.9 Å². The molecule has 20 heavy (non-hydrogen) atoms. The summed E-state index contributed by atoms with van der Waals surface area (Å²) < 4.78 is 26.4. The highest BCUT2D eigenvalue weighted by Crippen LogP contribution is 2.29. The van der Waals surface area contributed by atoms with Gasteiger partial charge in [-0.25, -0.2) is 12.4 Å². The van der Waals surface area contributed by atoms with Gasteiger partial charge in [-0.05, 0) is 31.0 Å². The number of fused-ring (bicyclic) bond motifs is 1. The largest absolute Gasteiger partial charge is 0.293 e. The van der Waals surface area contributed by atoms with Gasteiger partial charge in [0.1, 0.15) is 0 Å². The Morgan fingerprint density at radius 2 is 1.85 bits per heavy atom. The van der Waals surface area contributed by atoms with E-state index in [0.29, 0.717) is 24.1 Å². The molecule has 104 valence electrons. The minimum atomic E-state index is -3.63. The number of halogens is 1. The molecule has 0 amide bonds. The quantitative estimate of drug-likeness (QED) is 0.779. The number of hydrogen-bond acceptors (Lipinski definition) is 3. The molecule has 1 heterocycles. The molecule has 2 aromatic rings. The Morgan fingerprint density at radius 3 is 2.55 bits per heavy atom. The number of carbonyl (C=O) groups excluding carboxylic acids is 1. The summed E-state index contributed by atoms with van der Waals surface area (Å²) in [5.74, 6) is -0.0479. The summed E-state index contributed by atoms with van der Waals surface area (Å²) in [6.07, 6.45) is 2.64. The van der Waals surface area contributed by atoms with Crippen LogP contribution in [0.3, 0.4) is 0 Å². The third-order valence-electron chi connectivity index (χ3n) is 3.44. The van der Waals surface area contributed by atoms with Crippen molar-refractivity contribution in [3.8, 4) is 0 Å². The topological polar surface area (TPSA) is 56.1 Å². The number of aromatic nitrogens is 1. The van der Waals surface area contributed by atoms with Gasteiger partial charge in [0, 0.05) is 17.5 Å². The Labute approximate surface area is 125 Å². The second kappa shape index (κ2) is 4.86. The van der Waals surface area contributed by atoms with Gasteiger partial charge in [-0.2, -0.15) is 0 Å². The molecule has 0 saturated carbocycles. The van der Waals surface area contributed by atoms with Crippen LogP contribution in [0.15, 0.2) is 47.5 Å². The lowest BCUT2D eigenvalue weighted by Crippen LogP contribution is -2.25. The number of rotatable bonds is 2. The minimum Gasteiger partial charge on any atom is -0.293 e. The summed E-state index contributed by atoms with van der Waals surface area (Å²) in [4.78, 5) is 12.0. The molecule has 1 atom stereocenters. The van der Waals surface area contributed by atoms with Crippen LogP contribution in [0.5, 0.6) is 0 Å². The summed E-state index contributed by atoms with van der Waals surface area (Å²) in [5.41, 5.74) is 1.08. The van der Waals surface area contributed by atoms with Crippen molar-refractivity contribution in [1.82, 2.24) is 3.97 Å². The van der Waals surface area contributed by atoms with Crippen LogP contribution in [0, 0.1) is 0 Å². The average molecular weight is 354 g/mol. The first-order valence-electron chi connectivity index (χ1n) is 6.21. The lowest BCUT2D eigenvalue weighted by atomic mass is 9.97. The van der Waals surface area contributed by atoms with Crippen molar-refractivity contribution in [3.63, 3.8) is 0 Å². The molecular weight excluding hydrogens is 342 g/mol. The molecule has 1 aliphatic rings. The van der Waals surface area contributed by atoms with E-state index >= 15 is 0 Å². The first kappa shape index (κ1) is 13.6. The van der Waals surface area contributed by atoms with Crippen molar-refractivity contribution in [2.45, 2.75) is 22.6 Å². The number of carbonyl (C=O) groups is 1. The molecule has 0 unspecified atom stereocenters. The highest BCUT2D eigenvalue weighted by molar-refractivity contribution is 9.10. The van der Waals surface area contributed by atoms with Crippen molar-refractivity contribution in [3.05, 3.63) is 53.9 Å². The first-order valence-corrected chi connectivity index (χ1v) is 8.56. The lowest BCUT2D eigenvalue weighted by molar-refractivity contribution is 0.0981. The third kappa shape index (κ3) is 2.03. The zero-order chi connectivity index (χ0) is 14.3. The van der Waals surface area contributed by atoms with Gasteiger partial charge >= 0.3 is 0 Å². The molecule has 0 fully saturated rings. The molecule has 4 nitrogen and oxygen atoms in total. The van der Waals surface area contributed by atoms with Crippen molar-refractivity contribution in [1.29, 1.82) is 0 Å². The standard InChI is InChI=1S/C14H12BrNO3S/c15-12-6-7-13-11(14(12)17)8-9-16(13)20(18,19)10-4-2-1-3-5-10/h1-5,8-9,12H,6-7H2/t12-/m1/s1. The van der Waals surface area contributed by atoms with E-state index < -0.39 is 10.0 Å². The highest BCUT2D eigenvalue weighted by atomic mass is 79.9. The Bertz CT molecular complexity index is 765. The third-order valence-corrected chi connectivity index (χ3v) is 6.04. The van der Waals surface area contributed by atoms with Crippen molar-refractivity contribution in [2.24, 2.45) is 0 Å². The zero-order valence-corrected chi connectivity index (χ0v) is 12.9. The molecule has 1 aliphatic carbocycles. The maximum atomic E-state index is 12.6. The SMILES string of the molecule is O=C1c2ccn(S(=O)(=O)c3ccccc3)c2CC[C@H]1Br. The molecule has 1 aromatic heterocycles. The summed E-state index contributed by atoms with van der Waals surface area (Å²) in [6, 6.07) is 9.83. The fourth-order valence-electron chi connectivity index (χ4n) is 2.41. The Kier molecular flexibility index (Phi) is 3.30. The maximum absolute atomic E-state index is 12.6. The van der Waals surface area contributed by atoms with E-state index in [1.165, 1.54) is 10.2 Å². The number of alkyl halides is 1. The van der Waals surface area contributed by atoms with Gasteiger partial charge in [0.15, 0.2) is 5.78 Å². The molecule has 6 heteroatoms. The lowest BCUT2D eigenvalue weighted by Gasteiger charge is -2.18. The molecule has 0 N–H and O–H groups in total. The predicted molar refractivity (Wildman–Crippen MR) is 78.8 cm³/mol. The number of nitrogens with zero attached hydrogens (tertiary/aromatic N) is 1. The molecule has 3 rings (SSSR count). The predicted octanol–water partition coefficient (Wildman–Crippen LogP) is 2.62. The maximum Gasteiger partial charge on any atom is 0.267 e. The van der Waals surface area contributed by atoms with Crippen LogP contribution < -0.4 is 0 Å². The number of ketones is 1. The van der Waals surface area contributed by atoms with Gasteiger partial charge in [-0.1, -0.05) is 34.1 Å². The second-order valence-corrected chi connectivity index (χ2v) is 7.58. The molecule has 0 spiro atoms. The van der Waals surface area contributed by atoms with E-state index in [1.807, 2.05) is 0 Å². The Morgan fingerprint density at radius 1 is 1.15 bits per heavy atom. The van der Waals surface area contributed by atoms with Gasteiger partial charge < -0.3 is 0 Å². The van der Waals surface area contributed by atoms with Crippen LogP contribution in [0.25, 0.3) is 0 Å². The van der Waals surface area contributed by atoms with Crippen molar-refractivity contribution >= 4 is 31.7 Å². The number of hydrogen-bond donors (Lipinski definition) is 0. The van der Waals surface area contributed by atoms with Crippen LogP contribution in [0.1, 0.15) is 22.5 Å².